The third-order valence-electron chi connectivity index (χ3n) is 5.32. The smallest absolute Gasteiger partial charge is 0.254 e. The highest BCUT2D eigenvalue weighted by atomic mass is 19.1. The molecule has 7 heteroatoms. The van der Waals surface area contributed by atoms with E-state index in [1.165, 1.54) is 23.1 Å². The predicted molar refractivity (Wildman–Crippen MR) is 128 cm³/mol. The van der Waals surface area contributed by atoms with Gasteiger partial charge in [-0.1, -0.05) is 36.4 Å². The molecule has 3 aromatic rings. The van der Waals surface area contributed by atoms with E-state index < -0.39 is 11.7 Å². The first-order valence-electron chi connectivity index (χ1n) is 11.5. The van der Waals surface area contributed by atoms with Crippen LogP contribution in [0.4, 0.5) is 4.39 Å². The summed E-state index contributed by atoms with van der Waals surface area (Å²) in [6, 6.07) is 18.9. The molecule has 0 fully saturated rings. The molecule has 0 aliphatic rings. The summed E-state index contributed by atoms with van der Waals surface area (Å²) < 4.78 is 24.8. The first kappa shape index (κ1) is 25.2. The standard InChI is InChI=1S/C27H31FN2O4/c1-3-33-16-8-15-29(27(32)23-11-7-12-24(28)17-23)20-26(31)30(18-22-9-5-4-6-10-22)19-25-14-13-21(2)34-25/h4-7,9-14,17H,3,8,15-16,18-20H2,1-2H3. The van der Waals surface area contributed by atoms with E-state index >= 15 is 0 Å². The summed E-state index contributed by atoms with van der Waals surface area (Å²) in [4.78, 5) is 29.7. The molecular formula is C27H31FN2O4. The lowest BCUT2D eigenvalue weighted by Gasteiger charge is -2.27. The summed E-state index contributed by atoms with van der Waals surface area (Å²) in [5, 5.41) is 0. The molecule has 1 aromatic heterocycles. The largest absolute Gasteiger partial charge is 0.464 e. The molecule has 0 aliphatic carbocycles. The molecule has 6 nitrogen and oxygen atoms in total. The zero-order valence-electron chi connectivity index (χ0n) is 19.7. The van der Waals surface area contributed by atoms with Crippen molar-refractivity contribution >= 4 is 11.8 Å². The molecule has 0 atom stereocenters. The van der Waals surface area contributed by atoms with Gasteiger partial charge in [-0.05, 0) is 56.2 Å². The number of furan rings is 1. The molecule has 0 spiro atoms. The molecule has 0 radical (unpaired) electrons. The van der Waals surface area contributed by atoms with Crippen molar-refractivity contribution in [3.05, 3.63) is 95.2 Å². The minimum absolute atomic E-state index is 0.131. The van der Waals surface area contributed by atoms with Crippen molar-refractivity contribution in [2.45, 2.75) is 33.4 Å². The molecular weight excluding hydrogens is 435 g/mol. The van der Waals surface area contributed by atoms with Gasteiger partial charge in [-0.15, -0.1) is 0 Å². The fourth-order valence-corrected chi connectivity index (χ4v) is 3.62. The number of amides is 2. The van der Waals surface area contributed by atoms with Crippen LogP contribution >= 0.6 is 0 Å². The number of ether oxygens (including phenoxy) is 1. The zero-order chi connectivity index (χ0) is 24.3. The van der Waals surface area contributed by atoms with Gasteiger partial charge >= 0.3 is 0 Å². The zero-order valence-corrected chi connectivity index (χ0v) is 19.7. The van der Waals surface area contributed by atoms with E-state index in [-0.39, 0.29) is 24.6 Å². The van der Waals surface area contributed by atoms with E-state index in [4.69, 9.17) is 9.15 Å². The maximum Gasteiger partial charge on any atom is 0.254 e. The Balaban J connectivity index is 1.79. The van der Waals surface area contributed by atoms with Crippen LogP contribution in [0, 0.1) is 12.7 Å². The summed E-state index contributed by atoms with van der Waals surface area (Å²) in [6.45, 7) is 5.64. The molecule has 0 saturated carbocycles. The first-order valence-corrected chi connectivity index (χ1v) is 11.5. The van der Waals surface area contributed by atoms with Crippen LogP contribution in [0.2, 0.25) is 0 Å². The van der Waals surface area contributed by atoms with Crippen LogP contribution in [0.1, 0.15) is 40.8 Å². The van der Waals surface area contributed by atoms with E-state index in [0.717, 1.165) is 11.3 Å². The Morgan fingerprint density at radius 3 is 2.44 bits per heavy atom. The maximum atomic E-state index is 13.7. The molecule has 2 aromatic carbocycles. The summed E-state index contributed by atoms with van der Waals surface area (Å²) >= 11 is 0. The Kier molecular flexibility index (Phi) is 9.40. The van der Waals surface area contributed by atoms with Crippen LogP contribution in [0.5, 0.6) is 0 Å². The van der Waals surface area contributed by atoms with Gasteiger partial charge in [0.2, 0.25) is 5.91 Å². The van der Waals surface area contributed by atoms with Crippen LogP contribution in [0.3, 0.4) is 0 Å². The summed E-state index contributed by atoms with van der Waals surface area (Å²) in [5.74, 6) is 0.323. The van der Waals surface area contributed by atoms with E-state index in [0.29, 0.717) is 38.5 Å². The molecule has 3 rings (SSSR count). The van der Waals surface area contributed by atoms with Crippen LogP contribution in [-0.4, -0.2) is 47.9 Å². The van der Waals surface area contributed by atoms with Crippen LogP contribution < -0.4 is 0 Å². The van der Waals surface area contributed by atoms with Gasteiger partial charge in [0.25, 0.3) is 5.91 Å². The monoisotopic (exact) mass is 466 g/mol. The summed E-state index contributed by atoms with van der Waals surface area (Å²) in [7, 11) is 0. The molecule has 1 heterocycles. The lowest BCUT2D eigenvalue weighted by Crippen LogP contribution is -2.43. The first-order chi connectivity index (χ1) is 16.5. The second-order valence-electron chi connectivity index (χ2n) is 8.04. The van der Waals surface area contributed by atoms with Gasteiger partial charge in [-0.25, -0.2) is 4.39 Å². The van der Waals surface area contributed by atoms with Gasteiger partial charge in [0.1, 0.15) is 23.9 Å². The topological polar surface area (TPSA) is 63.0 Å². The number of rotatable bonds is 12. The molecule has 34 heavy (non-hydrogen) atoms. The number of aryl methyl sites for hydroxylation is 1. The minimum Gasteiger partial charge on any atom is -0.464 e. The Hall–Kier alpha value is -3.45. The predicted octanol–water partition coefficient (Wildman–Crippen LogP) is 4.82. The normalized spacial score (nSPS) is 10.8. The number of carbonyl (C=O) groups excluding carboxylic acids is 2. The van der Waals surface area contributed by atoms with E-state index in [1.807, 2.05) is 56.3 Å². The Morgan fingerprint density at radius 1 is 0.971 bits per heavy atom. The van der Waals surface area contributed by atoms with Crippen molar-refractivity contribution in [1.82, 2.24) is 9.80 Å². The number of halogens is 1. The molecule has 0 bridgehead atoms. The second-order valence-corrected chi connectivity index (χ2v) is 8.04. The van der Waals surface area contributed by atoms with Gasteiger partial charge < -0.3 is 19.0 Å². The van der Waals surface area contributed by atoms with E-state index in [9.17, 15) is 14.0 Å². The van der Waals surface area contributed by atoms with Crippen molar-refractivity contribution in [3.63, 3.8) is 0 Å². The van der Waals surface area contributed by atoms with E-state index in [1.54, 1.807) is 11.0 Å². The highest BCUT2D eigenvalue weighted by molar-refractivity contribution is 5.96. The molecule has 0 unspecified atom stereocenters. The van der Waals surface area contributed by atoms with Crippen molar-refractivity contribution in [2.24, 2.45) is 0 Å². The lowest BCUT2D eigenvalue weighted by molar-refractivity contribution is -0.133. The van der Waals surface area contributed by atoms with Crippen LogP contribution in [0.25, 0.3) is 0 Å². The molecule has 0 N–H and O–H groups in total. The van der Waals surface area contributed by atoms with Gasteiger partial charge in [-0.2, -0.15) is 0 Å². The SMILES string of the molecule is CCOCCCN(CC(=O)N(Cc1ccccc1)Cc1ccc(C)o1)C(=O)c1cccc(F)c1. The van der Waals surface area contributed by atoms with Crippen molar-refractivity contribution < 1.29 is 23.1 Å². The molecule has 2 amide bonds. The van der Waals surface area contributed by atoms with Gasteiger partial charge in [0, 0.05) is 31.9 Å². The highest BCUT2D eigenvalue weighted by Gasteiger charge is 2.23. The Morgan fingerprint density at radius 2 is 1.76 bits per heavy atom. The molecule has 0 saturated heterocycles. The maximum absolute atomic E-state index is 13.7. The number of hydrogen-bond acceptors (Lipinski definition) is 4. The molecule has 0 aliphatic heterocycles. The number of nitrogens with zero attached hydrogens (tertiary/aromatic N) is 2. The third kappa shape index (κ3) is 7.56. The van der Waals surface area contributed by atoms with E-state index in [2.05, 4.69) is 0 Å². The van der Waals surface area contributed by atoms with Crippen LogP contribution in [0.15, 0.2) is 71.1 Å². The summed E-state index contributed by atoms with van der Waals surface area (Å²) in [6.07, 6.45) is 0.568. The quantitative estimate of drug-likeness (QED) is 0.359. The highest BCUT2D eigenvalue weighted by Crippen LogP contribution is 2.15. The third-order valence-corrected chi connectivity index (χ3v) is 5.32. The fourth-order valence-electron chi connectivity index (χ4n) is 3.62. The number of carbonyl (C=O) groups is 2. The average molecular weight is 467 g/mol. The van der Waals surface area contributed by atoms with Gasteiger partial charge in [0.05, 0.1) is 6.54 Å². The van der Waals surface area contributed by atoms with Gasteiger partial charge in [0.15, 0.2) is 0 Å². The number of hydrogen-bond donors (Lipinski definition) is 0. The lowest BCUT2D eigenvalue weighted by atomic mass is 10.1. The number of benzene rings is 2. The van der Waals surface area contributed by atoms with Crippen molar-refractivity contribution in [3.8, 4) is 0 Å². The second kappa shape index (κ2) is 12.7. The Bertz CT molecular complexity index is 1070. The van der Waals surface area contributed by atoms with Crippen molar-refractivity contribution in [1.29, 1.82) is 0 Å². The molecule has 180 valence electrons. The van der Waals surface area contributed by atoms with Crippen LogP contribution in [-0.2, 0) is 22.6 Å². The summed E-state index contributed by atoms with van der Waals surface area (Å²) in [5.41, 5.74) is 1.18. The average Bonchev–Trinajstić information content (AvgIpc) is 3.25. The fraction of sp³-hybridized carbons (Fsp3) is 0.333. The van der Waals surface area contributed by atoms with Crippen molar-refractivity contribution in [2.75, 3.05) is 26.3 Å². The van der Waals surface area contributed by atoms with Gasteiger partial charge in [-0.3, -0.25) is 9.59 Å². The minimum atomic E-state index is -0.495. The Labute approximate surface area is 199 Å².